The Bertz CT molecular complexity index is 809. The number of hydrogen-bond donors (Lipinski definition) is 3. The van der Waals surface area contributed by atoms with Crippen LogP contribution >= 0.6 is 0 Å². The van der Waals surface area contributed by atoms with Gasteiger partial charge >= 0.3 is 0 Å². The second-order valence-corrected chi connectivity index (χ2v) is 5.87. The number of carbonyl (C=O) groups is 2. The van der Waals surface area contributed by atoms with Gasteiger partial charge in [0.05, 0.1) is 9.85 Å². The fourth-order valence-corrected chi connectivity index (χ4v) is 2.33. The Labute approximate surface area is 165 Å². The van der Waals surface area contributed by atoms with Crippen LogP contribution in [0.1, 0.15) is 20.7 Å². The van der Waals surface area contributed by atoms with Crippen LogP contribution in [-0.4, -0.2) is 47.8 Å². The average molecular weight is 401 g/mol. The number of rotatable bonds is 10. The first-order valence-corrected chi connectivity index (χ1v) is 8.64. The molecule has 0 aliphatic rings. The third-order valence-electron chi connectivity index (χ3n) is 3.86. The molecule has 29 heavy (non-hydrogen) atoms. The third kappa shape index (κ3) is 6.66. The van der Waals surface area contributed by atoms with Gasteiger partial charge in [-0.1, -0.05) is 0 Å². The molecule has 11 heteroatoms. The molecule has 2 aromatic rings. The molecule has 0 atom stereocenters. The molecule has 0 aliphatic heterocycles. The number of nitro groups is 2. The van der Waals surface area contributed by atoms with Gasteiger partial charge in [-0.05, 0) is 24.3 Å². The summed E-state index contributed by atoms with van der Waals surface area (Å²) in [7, 11) is 0. The summed E-state index contributed by atoms with van der Waals surface area (Å²) < 4.78 is 0. The largest absolute Gasteiger partial charge is 0.351 e. The van der Waals surface area contributed by atoms with Crippen LogP contribution in [0.15, 0.2) is 48.5 Å². The zero-order valence-electron chi connectivity index (χ0n) is 15.3. The fraction of sp³-hybridized carbons (Fsp3) is 0.222. The zero-order chi connectivity index (χ0) is 21.2. The maximum absolute atomic E-state index is 11.9. The number of nitrogens with one attached hydrogen (secondary N) is 3. The van der Waals surface area contributed by atoms with Gasteiger partial charge in [-0.2, -0.15) is 0 Å². The molecule has 0 fully saturated rings. The summed E-state index contributed by atoms with van der Waals surface area (Å²) >= 11 is 0. The van der Waals surface area contributed by atoms with Crippen molar-refractivity contribution in [2.45, 2.75) is 0 Å². The highest BCUT2D eigenvalue weighted by Crippen LogP contribution is 2.12. The number of carbonyl (C=O) groups excluding carboxylic acids is 2. The minimum atomic E-state index is -0.536. The first kappa shape index (κ1) is 21.4. The van der Waals surface area contributed by atoms with E-state index in [1.807, 2.05) is 0 Å². The van der Waals surface area contributed by atoms with Crippen molar-refractivity contribution in [2.24, 2.45) is 0 Å². The van der Waals surface area contributed by atoms with E-state index >= 15 is 0 Å². The van der Waals surface area contributed by atoms with Crippen molar-refractivity contribution in [2.75, 3.05) is 26.2 Å². The second-order valence-electron chi connectivity index (χ2n) is 5.87. The summed E-state index contributed by atoms with van der Waals surface area (Å²) in [6.45, 7) is 1.61. The van der Waals surface area contributed by atoms with Gasteiger partial charge < -0.3 is 16.0 Å². The Morgan fingerprint density at radius 1 is 0.655 bits per heavy atom. The molecular formula is C18H19N5O6. The smallest absolute Gasteiger partial charge is 0.269 e. The molecule has 11 nitrogen and oxygen atoms in total. The van der Waals surface area contributed by atoms with E-state index in [4.69, 9.17) is 0 Å². The fourth-order valence-electron chi connectivity index (χ4n) is 2.33. The van der Waals surface area contributed by atoms with Crippen LogP contribution in [0.4, 0.5) is 11.4 Å². The Hall–Kier alpha value is -3.86. The van der Waals surface area contributed by atoms with Gasteiger partial charge in [0.1, 0.15) is 0 Å². The van der Waals surface area contributed by atoms with E-state index in [1.165, 1.54) is 48.5 Å². The van der Waals surface area contributed by atoms with Gasteiger partial charge in [-0.25, -0.2) is 0 Å². The van der Waals surface area contributed by atoms with Crippen LogP contribution in [0.5, 0.6) is 0 Å². The maximum Gasteiger partial charge on any atom is 0.269 e. The van der Waals surface area contributed by atoms with Crippen LogP contribution in [-0.2, 0) is 0 Å². The summed E-state index contributed by atoms with van der Waals surface area (Å²) in [5.41, 5.74) is 0.481. The molecule has 3 N–H and O–H groups in total. The first-order chi connectivity index (χ1) is 13.9. The maximum atomic E-state index is 11.9. The molecule has 0 radical (unpaired) electrons. The van der Waals surface area contributed by atoms with Crippen LogP contribution in [0.3, 0.4) is 0 Å². The predicted molar refractivity (Wildman–Crippen MR) is 104 cm³/mol. The minimum absolute atomic E-state index is 0.0843. The molecule has 0 aromatic heterocycles. The van der Waals surface area contributed by atoms with E-state index in [2.05, 4.69) is 16.0 Å². The molecule has 0 spiro atoms. The molecular weight excluding hydrogens is 382 g/mol. The van der Waals surface area contributed by atoms with Gasteiger partial charge in [-0.3, -0.25) is 29.8 Å². The average Bonchev–Trinajstić information content (AvgIpc) is 2.72. The van der Waals surface area contributed by atoms with Crippen molar-refractivity contribution in [3.63, 3.8) is 0 Å². The van der Waals surface area contributed by atoms with Crippen molar-refractivity contribution in [1.29, 1.82) is 0 Å². The van der Waals surface area contributed by atoms with Crippen LogP contribution < -0.4 is 16.0 Å². The first-order valence-electron chi connectivity index (χ1n) is 8.64. The van der Waals surface area contributed by atoms with Gasteiger partial charge in [-0.15, -0.1) is 0 Å². The quantitative estimate of drug-likeness (QED) is 0.307. The summed E-state index contributed by atoms with van der Waals surface area (Å²) in [6.07, 6.45) is 0. The number of non-ortho nitro benzene ring substituents is 2. The predicted octanol–water partition coefficient (Wildman–Crippen LogP) is 1.25. The monoisotopic (exact) mass is 401 g/mol. The highest BCUT2D eigenvalue weighted by atomic mass is 16.6. The Balaban J connectivity index is 1.60. The third-order valence-corrected chi connectivity index (χ3v) is 3.86. The summed E-state index contributed by atoms with van der Waals surface area (Å²) in [4.78, 5) is 43.9. The summed E-state index contributed by atoms with van der Waals surface area (Å²) in [6, 6.07) is 10.6. The number of nitro benzene ring substituents is 2. The van der Waals surface area contributed by atoms with Gasteiger partial charge in [0.25, 0.3) is 23.2 Å². The Morgan fingerprint density at radius 2 is 1.00 bits per heavy atom. The van der Waals surface area contributed by atoms with Crippen molar-refractivity contribution < 1.29 is 19.4 Å². The molecule has 0 bridgehead atoms. The molecule has 152 valence electrons. The standard InChI is InChI=1S/C18H19N5O6/c24-17(13-1-5-15(6-2-13)22(26)27)20-11-9-19-10-12-21-18(25)14-3-7-16(8-4-14)23(28)29/h1-8,19H,9-12H2,(H,20,24)(H,21,25). The molecule has 2 rings (SSSR count). The lowest BCUT2D eigenvalue weighted by molar-refractivity contribution is -0.385. The van der Waals surface area contributed by atoms with Crippen LogP contribution in [0.2, 0.25) is 0 Å². The zero-order valence-corrected chi connectivity index (χ0v) is 15.3. The lowest BCUT2D eigenvalue weighted by Gasteiger charge is -2.08. The van der Waals surface area contributed by atoms with Crippen molar-refractivity contribution in [3.05, 3.63) is 79.9 Å². The SMILES string of the molecule is O=C(NCCNCCNC(=O)c1ccc([N+](=O)[O-])cc1)c1ccc([N+](=O)[O-])cc1. The topological polar surface area (TPSA) is 157 Å². The Kier molecular flexibility index (Phi) is 7.74. The van der Waals surface area contributed by atoms with E-state index < -0.39 is 9.85 Å². The molecule has 0 saturated carbocycles. The molecule has 2 aromatic carbocycles. The molecule has 2 amide bonds. The summed E-state index contributed by atoms with van der Waals surface area (Å²) in [5.74, 6) is -0.679. The number of amides is 2. The van der Waals surface area contributed by atoms with Crippen LogP contribution in [0.25, 0.3) is 0 Å². The van der Waals surface area contributed by atoms with E-state index in [1.54, 1.807) is 0 Å². The van der Waals surface area contributed by atoms with Crippen molar-refractivity contribution >= 4 is 23.2 Å². The van der Waals surface area contributed by atoms with E-state index in [9.17, 15) is 29.8 Å². The van der Waals surface area contributed by atoms with Gasteiger partial charge in [0.15, 0.2) is 0 Å². The summed E-state index contributed by atoms with van der Waals surface area (Å²) in [5, 5.41) is 29.6. The number of nitrogens with zero attached hydrogens (tertiary/aromatic N) is 2. The van der Waals surface area contributed by atoms with E-state index in [0.717, 1.165) is 0 Å². The highest BCUT2D eigenvalue weighted by Gasteiger charge is 2.10. The lowest BCUT2D eigenvalue weighted by Crippen LogP contribution is -2.36. The van der Waals surface area contributed by atoms with Gasteiger partial charge in [0.2, 0.25) is 0 Å². The minimum Gasteiger partial charge on any atom is -0.351 e. The molecule has 0 unspecified atom stereocenters. The van der Waals surface area contributed by atoms with Crippen molar-refractivity contribution in [1.82, 2.24) is 16.0 Å². The normalized spacial score (nSPS) is 10.2. The number of hydrogen-bond acceptors (Lipinski definition) is 7. The molecule has 0 heterocycles. The second kappa shape index (κ2) is 10.5. The lowest BCUT2D eigenvalue weighted by atomic mass is 10.2. The molecule has 0 saturated heterocycles. The highest BCUT2D eigenvalue weighted by molar-refractivity contribution is 5.94. The van der Waals surface area contributed by atoms with E-state index in [0.29, 0.717) is 37.3 Å². The van der Waals surface area contributed by atoms with Crippen molar-refractivity contribution in [3.8, 4) is 0 Å². The van der Waals surface area contributed by atoms with Gasteiger partial charge in [0, 0.05) is 61.6 Å². The van der Waals surface area contributed by atoms with Crippen LogP contribution in [0, 0.1) is 20.2 Å². The number of benzene rings is 2. The Morgan fingerprint density at radius 3 is 1.31 bits per heavy atom. The van der Waals surface area contributed by atoms with E-state index in [-0.39, 0.29) is 23.2 Å². The molecule has 0 aliphatic carbocycles.